The summed E-state index contributed by atoms with van der Waals surface area (Å²) in [6, 6.07) is 5.75. The van der Waals surface area contributed by atoms with Crippen molar-refractivity contribution >= 4 is 17.3 Å². The van der Waals surface area contributed by atoms with Crippen LogP contribution in [0.2, 0.25) is 0 Å². The number of ether oxygens (including phenoxy) is 1. The van der Waals surface area contributed by atoms with Gasteiger partial charge in [0.05, 0.1) is 18.5 Å². The van der Waals surface area contributed by atoms with Crippen molar-refractivity contribution in [2.45, 2.75) is 44.1 Å². The van der Waals surface area contributed by atoms with E-state index in [9.17, 15) is 4.79 Å². The molecule has 0 aromatic heterocycles. The minimum atomic E-state index is -0.0695. The summed E-state index contributed by atoms with van der Waals surface area (Å²) in [6.45, 7) is 0. The second kappa shape index (κ2) is 4.76. The smallest absolute Gasteiger partial charge is 0.226 e. The summed E-state index contributed by atoms with van der Waals surface area (Å²) in [5.74, 6) is 0.923. The summed E-state index contributed by atoms with van der Waals surface area (Å²) >= 11 is 0. The van der Waals surface area contributed by atoms with Gasteiger partial charge in [-0.3, -0.25) is 4.79 Å². The Balaban J connectivity index is 1.97. The molecule has 0 bridgehead atoms. The summed E-state index contributed by atoms with van der Waals surface area (Å²) in [6.07, 6.45) is 6.35. The van der Waals surface area contributed by atoms with Gasteiger partial charge in [-0.25, -0.2) is 0 Å². The third-order valence-corrected chi connectivity index (χ3v) is 4.21. The number of nitrogens with one attached hydrogen (secondary N) is 2. The number of amides is 1. The Kier molecular flexibility index (Phi) is 3.09. The lowest BCUT2D eigenvalue weighted by atomic mass is 9.79. The standard InChI is InChI=1S/C15H20N2O2/c1-19-11-5-6-12-13(9-11)17-15(10-14(18)16-12)7-3-2-4-8-15/h5-6,9,17H,2-4,7-8,10H2,1H3,(H,16,18). The fourth-order valence-corrected chi connectivity index (χ4v) is 3.22. The lowest BCUT2D eigenvalue weighted by Gasteiger charge is -2.37. The molecular formula is C15H20N2O2. The first-order valence-corrected chi connectivity index (χ1v) is 6.97. The Morgan fingerprint density at radius 3 is 2.68 bits per heavy atom. The SMILES string of the molecule is COc1ccc2c(c1)NC1(CCCCC1)CC(=O)N2. The maximum absolute atomic E-state index is 12.1. The molecule has 1 amide bonds. The molecule has 4 heteroatoms. The Bertz CT molecular complexity index is 493. The van der Waals surface area contributed by atoms with E-state index in [1.165, 1.54) is 19.3 Å². The van der Waals surface area contributed by atoms with Gasteiger partial charge in [-0.1, -0.05) is 19.3 Å². The zero-order valence-corrected chi connectivity index (χ0v) is 11.3. The monoisotopic (exact) mass is 260 g/mol. The highest BCUT2D eigenvalue weighted by Crippen LogP contribution is 2.40. The average molecular weight is 260 g/mol. The van der Waals surface area contributed by atoms with Crippen molar-refractivity contribution in [2.24, 2.45) is 0 Å². The van der Waals surface area contributed by atoms with Gasteiger partial charge in [0.25, 0.3) is 0 Å². The zero-order valence-electron chi connectivity index (χ0n) is 11.3. The molecule has 0 saturated heterocycles. The van der Waals surface area contributed by atoms with E-state index >= 15 is 0 Å². The molecule has 1 aromatic rings. The number of benzene rings is 1. The normalized spacial score (nSPS) is 21.0. The van der Waals surface area contributed by atoms with Gasteiger partial charge >= 0.3 is 0 Å². The quantitative estimate of drug-likeness (QED) is 0.815. The van der Waals surface area contributed by atoms with Crippen molar-refractivity contribution in [3.05, 3.63) is 18.2 Å². The van der Waals surface area contributed by atoms with Crippen LogP contribution in [-0.4, -0.2) is 18.6 Å². The van der Waals surface area contributed by atoms with E-state index in [0.29, 0.717) is 6.42 Å². The minimum absolute atomic E-state index is 0.0695. The second-order valence-corrected chi connectivity index (χ2v) is 5.60. The number of hydrogen-bond acceptors (Lipinski definition) is 3. The fourth-order valence-electron chi connectivity index (χ4n) is 3.22. The third kappa shape index (κ3) is 2.39. The number of carbonyl (C=O) groups is 1. The molecular weight excluding hydrogens is 240 g/mol. The highest BCUT2D eigenvalue weighted by atomic mass is 16.5. The van der Waals surface area contributed by atoms with Gasteiger partial charge in [0.15, 0.2) is 0 Å². The molecule has 1 spiro atoms. The molecule has 3 rings (SSSR count). The largest absolute Gasteiger partial charge is 0.497 e. The second-order valence-electron chi connectivity index (χ2n) is 5.60. The van der Waals surface area contributed by atoms with E-state index < -0.39 is 0 Å². The van der Waals surface area contributed by atoms with Crippen molar-refractivity contribution in [3.8, 4) is 5.75 Å². The van der Waals surface area contributed by atoms with E-state index in [0.717, 1.165) is 30.0 Å². The first-order chi connectivity index (χ1) is 9.21. The van der Waals surface area contributed by atoms with Crippen molar-refractivity contribution in [3.63, 3.8) is 0 Å². The molecule has 4 nitrogen and oxygen atoms in total. The molecule has 1 saturated carbocycles. The number of carbonyl (C=O) groups excluding carboxylic acids is 1. The molecule has 0 atom stereocenters. The van der Waals surface area contributed by atoms with Crippen LogP contribution in [0.15, 0.2) is 18.2 Å². The molecule has 1 aromatic carbocycles. The zero-order chi connectivity index (χ0) is 13.3. The topological polar surface area (TPSA) is 50.4 Å². The van der Waals surface area contributed by atoms with Gasteiger partial charge in [-0.15, -0.1) is 0 Å². The van der Waals surface area contributed by atoms with Gasteiger partial charge in [-0.2, -0.15) is 0 Å². The van der Waals surface area contributed by atoms with Crippen LogP contribution in [0.25, 0.3) is 0 Å². The van der Waals surface area contributed by atoms with Crippen LogP contribution in [0.5, 0.6) is 5.75 Å². The fraction of sp³-hybridized carbons (Fsp3) is 0.533. The lowest BCUT2D eigenvalue weighted by molar-refractivity contribution is -0.117. The van der Waals surface area contributed by atoms with Crippen LogP contribution in [-0.2, 0) is 4.79 Å². The highest BCUT2D eigenvalue weighted by molar-refractivity contribution is 5.97. The lowest BCUT2D eigenvalue weighted by Crippen LogP contribution is -2.41. The maximum atomic E-state index is 12.1. The first kappa shape index (κ1) is 12.3. The van der Waals surface area contributed by atoms with Crippen LogP contribution in [0, 0.1) is 0 Å². The Hall–Kier alpha value is -1.71. The van der Waals surface area contributed by atoms with Gasteiger partial charge in [0, 0.05) is 18.0 Å². The maximum Gasteiger partial charge on any atom is 0.226 e. The van der Waals surface area contributed by atoms with Crippen molar-refractivity contribution < 1.29 is 9.53 Å². The number of fused-ring (bicyclic) bond motifs is 1. The van der Waals surface area contributed by atoms with Gasteiger partial charge in [-0.05, 0) is 25.0 Å². The summed E-state index contributed by atoms with van der Waals surface area (Å²) in [5, 5.41) is 6.60. The van der Waals surface area contributed by atoms with E-state index in [1.807, 2.05) is 18.2 Å². The number of rotatable bonds is 1. The number of methoxy groups -OCH3 is 1. The van der Waals surface area contributed by atoms with E-state index in [-0.39, 0.29) is 11.4 Å². The third-order valence-electron chi connectivity index (χ3n) is 4.21. The Morgan fingerprint density at radius 1 is 1.16 bits per heavy atom. The molecule has 2 aliphatic rings. The number of hydrogen-bond donors (Lipinski definition) is 2. The minimum Gasteiger partial charge on any atom is -0.497 e. The van der Waals surface area contributed by atoms with Gasteiger partial charge in [0.1, 0.15) is 5.75 Å². The molecule has 0 unspecified atom stereocenters. The summed E-state index contributed by atoms with van der Waals surface area (Å²) in [5.41, 5.74) is 1.76. The molecule has 1 fully saturated rings. The van der Waals surface area contributed by atoms with Gasteiger partial charge in [0.2, 0.25) is 5.91 Å². The van der Waals surface area contributed by atoms with Crippen LogP contribution >= 0.6 is 0 Å². The van der Waals surface area contributed by atoms with Crippen molar-refractivity contribution in [1.82, 2.24) is 0 Å². The number of anilines is 2. The average Bonchev–Trinajstić information content (AvgIpc) is 2.53. The van der Waals surface area contributed by atoms with Crippen LogP contribution < -0.4 is 15.4 Å². The summed E-state index contributed by atoms with van der Waals surface area (Å²) in [7, 11) is 1.66. The molecule has 19 heavy (non-hydrogen) atoms. The molecule has 102 valence electrons. The van der Waals surface area contributed by atoms with Crippen LogP contribution in [0.3, 0.4) is 0 Å². The Morgan fingerprint density at radius 2 is 1.95 bits per heavy atom. The summed E-state index contributed by atoms with van der Waals surface area (Å²) in [4.78, 5) is 12.1. The molecule has 0 radical (unpaired) electrons. The van der Waals surface area contributed by atoms with Gasteiger partial charge < -0.3 is 15.4 Å². The van der Waals surface area contributed by atoms with E-state index in [2.05, 4.69) is 10.6 Å². The van der Waals surface area contributed by atoms with Crippen molar-refractivity contribution in [1.29, 1.82) is 0 Å². The van der Waals surface area contributed by atoms with Crippen LogP contribution in [0.4, 0.5) is 11.4 Å². The van der Waals surface area contributed by atoms with E-state index in [1.54, 1.807) is 7.11 Å². The highest BCUT2D eigenvalue weighted by Gasteiger charge is 2.36. The molecule has 1 heterocycles. The predicted octanol–water partition coefficient (Wildman–Crippen LogP) is 3.15. The molecule has 1 aliphatic carbocycles. The summed E-state index contributed by atoms with van der Waals surface area (Å²) < 4.78 is 5.27. The van der Waals surface area contributed by atoms with Crippen LogP contribution in [0.1, 0.15) is 38.5 Å². The first-order valence-electron chi connectivity index (χ1n) is 6.97. The Labute approximate surface area is 113 Å². The van der Waals surface area contributed by atoms with E-state index in [4.69, 9.17) is 4.74 Å². The molecule has 2 N–H and O–H groups in total. The van der Waals surface area contributed by atoms with Crippen molar-refractivity contribution in [2.75, 3.05) is 17.7 Å². The molecule has 1 aliphatic heterocycles. The predicted molar refractivity (Wildman–Crippen MR) is 75.7 cm³/mol.